The molecule has 1 unspecified atom stereocenters. The van der Waals surface area contributed by atoms with Gasteiger partial charge in [0.15, 0.2) is 0 Å². The predicted molar refractivity (Wildman–Crippen MR) is 109 cm³/mol. The molecule has 0 bridgehead atoms. The van der Waals surface area contributed by atoms with E-state index in [0.717, 1.165) is 17.9 Å². The van der Waals surface area contributed by atoms with Crippen LogP contribution < -0.4 is 10.6 Å². The summed E-state index contributed by atoms with van der Waals surface area (Å²) < 4.78 is 10.8. The SMILES string of the molecule is Cc1ccc(/C=C/C(=O)NCC(CC(C)C)NC(=O)/C=C/c2ccc(C)o2)o1. The van der Waals surface area contributed by atoms with Crippen LogP contribution in [0.25, 0.3) is 12.2 Å². The van der Waals surface area contributed by atoms with Gasteiger partial charge in [-0.1, -0.05) is 13.8 Å². The standard InChI is InChI=1S/C22H28N2O4/c1-15(2)13-18(24-22(26)12-10-20-8-6-17(4)28-20)14-23-21(25)11-9-19-7-5-16(3)27-19/h5-12,15,18H,13-14H2,1-4H3,(H,23,25)(H,24,26)/b11-9+,12-10+. The quantitative estimate of drug-likeness (QED) is 0.643. The van der Waals surface area contributed by atoms with Gasteiger partial charge < -0.3 is 19.5 Å². The second-order valence-corrected chi connectivity index (χ2v) is 7.14. The van der Waals surface area contributed by atoms with Gasteiger partial charge in [-0.15, -0.1) is 0 Å². The minimum atomic E-state index is -0.237. The first kappa shape index (κ1) is 21.3. The highest BCUT2D eigenvalue weighted by Crippen LogP contribution is 2.09. The smallest absolute Gasteiger partial charge is 0.244 e. The Bertz CT molecular complexity index is 842. The Morgan fingerprint density at radius 2 is 1.46 bits per heavy atom. The molecule has 150 valence electrons. The lowest BCUT2D eigenvalue weighted by molar-refractivity contribution is -0.119. The van der Waals surface area contributed by atoms with Gasteiger partial charge in [0.2, 0.25) is 11.8 Å². The van der Waals surface area contributed by atoms with E-state index in [1.54, 1.807) is 24.3 Å². The van der Waals surface area contributed by atoms with Gasteiger partial charge in [0.25, 0.3) is 0 Å². The maximum atomic E-state index is 12.2. The van der Waals surface area contributed by atoms with Crippen LogP contribution in [0.4, 0.5) is 0 Å². The van der Waals surface area contributed by atoms with Crippen molar-refractivity contribution in [3.05, 3.63) is 59.5 Å². The predicted octanol–water partition coefficient (Wildman–Crippen LogP) is 3.86. The van der Waals surface area contributed by atoms with Gasteiger partial charge >= 0.3 is 0 Å². The third-order valence-corrected chi connectivity index (χ3v) is 3.95. The van der Waals surface area contributed by atoms with E-state index in [9.17, 15) is 9.59 Å². The first-order valence-electron chi connectivity index (χ1n) is 9.39. The summed E-state index contributed by atoms with van der Waals surface area (Å²) in [5.74, 6) is 2.74. The molecule has 2 aromatic rings. The Balaban J connectivity index is 1.86. The Hall–Kier alpha value is -3.02. The van der Waals surface area contributed by atoms with Gasteiger partial charge in [-0.05, 0) is 62.6 Å². The van der Waals surface area contributed by atoms with E-state index in [1.807, 2.05) is 26.0 Å². The number of furan rings is 2. The van der Waals surface area contributed by atoms with Crippen molar-refractivity contribution in [3.8, 4) is 0 Å². The summed E-state index contributed by atoms with van der Waals surface area (Å²) in [5, 5.41) is 5.76. The van der Waals surface area contributed by atoms with Crippen molar-refractivity contribution in [2.75, 3.05) is 6.54 Å². The van der Waals surface area contributed by atoms with Crippen LogP contribution >= 0.6 is 0 Å². The third kappa shape index (κ3) is 7.70. The van der Waals surface area contributed by atoms with Crippen LogP contribution in [-0.2, 0) is 9.59 Å². The summed E-state index contributed by atoms with van der Waals surface area (Å²) >= 11 is 0. The topological polar surface area (TPSA) is 84.5 Å². The lowest BCUT2D eigenvalue weighted by Gasteiger charge is -2.20. The molecule has 2 rings (SSSR count). The van der Waals surface area contributed by atoms with Gasteiger partial charge in [0, 0.05) is 24.7 Å². The molecule has 0 saturated carbocycles. The lowest BCUT2D eigenvalue weighted by atomic mass is 10.0. The molecule has 2 aromatic heterocycles. The first-order chi connectivity index (χ1) is 13.3. The van der Waals surface area contributed by atoms with Crippen molar-refractivity contribution in [1.29, 1.82) is 0 Å². The van der Waals surface area contributed by atoms with Crippen LogP contribution in [0, 0.1) is 19.8 Å². The summed E-state index contributed by atoms with van der Waals surface area (Å²) in [4.78, 5) is 24.2. The van der Waals surface area contributed by atoms with Crippen LogP contribution in [0.1, 0.15) is 43.3 Å². The number of carbonyl (C=O) groups is 2. The van der Waals surface area contributed by atoms with E-state index >= 15 is 0 Å². The zero-order valence-electron chi connectivity index (χ0n) is 16.8. The zero-order chi connectivity index (χ0) is 20.5. The summed E-state index contributed by atoms with van der Waals surface area (Å²) in [6, 6.07) is 7.11. The van der Waals surface area contributed by atoms with E-state index in [1.165, 1.54) is 12.2 Å². The van der Waals surface area contributed by atoms with Crippen molar-refractivity contribution in [2.45, 2.75) is 40.2 Å². The summed E-state index contributed by atoms with van der Waals surface area (Å²) in [7, 11) is 0. The minimum Gasteiger partial charge on any atom is -0.462 e. The normalized spacial score (nSPS) is 12.8. The monoisotopic (exact) mass is 384 g/mol. The van der Waals surface area contributed by atoms with Crippen LogP contribution in [-0.4, -0.2) is 24.4 Å². The Morgan fingerprint density at radius 1 is 0.929 bits per heavy atom. The summed E-state index contributed by atoms with van der Waals surface area (Å²) in [5.41, 5.74) is 0. The van der Waals surface area contributed by atoms with Crippen LogP contribution in [0.2, 0.25) is 0 Å². The van der Waals surface area contributed by atoms with E-state index in [0.29, 0.717) is 24.0 Å². The van der Waals surface area contributed by atoms with Crippen molar-refractivity contribution >= 4 is 24.0 Å². The molecule has 1 atom stereocenters. The van der Waals surface area contributed by atoms with Gasteiger partial charge in [-0.25, -0.2) is 0 Å². The second kappa shape index (κ2) is 10.3. The van der Waals surface area contributed by atoms with Crippen molar-refractivity contribution in [2.24, 2.45) is 5.92 Å². The second-order valence-electron chi connectivity index (χ2n) is 7.14. The van der Waals surface area contributed by atoms with Crippen molar-refractivity contribution < 1.29 is 18.4 Å². The van der Waals surface area contributed by atoms with Gasteiger partial charge in [0.1, 0.15) is 23.0 Å². The molecule has 6 nitrogen and oxygen atoms in total. The lowest BCUT2D eigenvalue weighted by Crippen LogP contribution is -2.43. The fourth-order valence-electron chi connectivity index (χ4n) is 2.70. The van der Waals surface area contributed by atoms with E-state index in [2.05, 4.69) is 24.5 Å². The highest BCUT2D eigenvalue weighted by molar-refractivity contribution is 5.92. The number of aryl methyl sites for hydroxylation is 2. The number of hydrogen-bond acceptors (Lipinski definition) is 4. The molecule has 0 saturated heterocycles. The molecule has 6 heteroatoms. The van der Waals surface area contributed by atoms with Crippen molar-refractivity contribution in [1.82, 2.24) is 10.6 Å². The molecule has 0 aliphatic heterocycles. The zero-order valence-corrected chi connectivity index (χ0v) is 16.8. The number of amides is 2. The summed E-state index contributed by atoms with van der Waals surface area (Å²) in [6.45, 7) is 8.18. The highest BCUT2D eigenvalue weighted by Gasteiger charge is 2.13. The Kier molecular flexibility index (Phi) is 7.87. The molecule has 2 heterocycles. The van der Waals surface area contributed by atoms with E-state index in [4.69, 9.17) is 8.83 Å². The largest absolute Gasteiger partial charge is 0.462 e. The molecule has 0 radical (unpaired) electrons. The summed E-state index contributed by atoms with van der Waals surface area (Å²) in [6.07, 6.45) is 6.85. The first-order valence-corrected chi connectivity index (χ1v) is 9.39. The molecule has 28 heavy (non-hydrogen) atoms. The molecule has 2 N–H and O–H groups in total. The van der Waals surface area contributed by atoms with Gasteiger partial charge in [-0.2, -0.15) is 0 Å². The number of hydrogen-bond donors (Lipinski definition) is 2. The molecule has 0 fully saturated rings. The molecule has 0 aromatic carbocycles. The molecule has 0 aliphatic rings. The molecule has 2 amide bonds. The van der Waals surface area contributed by atoms with Crippen LogP contribution in [0.5, 0.6) is 0 Å². The molecule has 0 aliphatic carbocycles. The third-order valence-electron chi connectivity index (χ3n) is 3.95. The van der Waals surface area contributed by atoms with E-state index < -0.39 is 0 Å². The highest BCUT2D eigenvalue weighted by atomic mass is 16.3. The number of rotatable bonds is 9. The maximum absolute atomic E-state index is 12.2. The van der Waals surface area contributed by atoms with Crippen molar-refractivity contribution in [3.63, 3.8) is 0 Å². The molecular formula is C22H28N2O4. The van der Waals surface area contributed by atoms with E-state index in [-0.39, 0.29) is 17.9 Å². The van der Waals surface area contributed by atoms with Crippen LogP contribution in [0.3, 0.4) is 0 Å². The fourth-order valence-corrected chi connectivity index (χ4v) is 2.70. The average Bonchev–Trinajstić information content (AvgIpc) is 3.23. The number of nitrogens with one attached hydrogen (secondary N) is 2. The molecular weight excluding hydrogens is 356 g/mol. The minimum absolute atomic E-state index is 0.168. The van der Waals surface area contributed by atoms with Crippen LogP contribution in [0.15, 0.2) is 45.3 Å². The average molecular weight is 384 g/mol. The fraction of sp³-hybridized carbons (Fsp3) is 0.364. The Morgan fingerprint density at radius 3 is 1.93 bits per heavy atom. The maximum Gasteiger partial charge on any atom is 0.244 e. The van der Waals surface area contributed by atoms with Gasteiger partial charge in [-0.3, -0.25) is 9.59 Å². The number of carbonyl (C=O) groups excluding carboxylic acids is 2. The molecule has 0 spiro atoms. The Labute approximate surface area is 165 Å². The van der Waals surface area contributed by atoms with Gasteiger partial charge in [0.05, 0.1) is 0 Å².